The molecule has 0 spiro atoms. The maximum absolute atomic E-state index is 10.5. The molecule has 0 saturated heterocycles. The highest BCUT2D eigenvalue weighted by atomic mass is 16.5. The second-order valence-electron chi connectivity index (χ2n) is 3.52. The lowest BCUT2D eigenvalue weighted by Crippen LogP contribution is -1.97. The third-order valence-electron chi connectivity index (χ3n) is 2.23. The molecule has 96 valence electrons. The molecule has 0 atom stereocenters. The molecule has 18 heavy (non-hydrogen) atoms. The molecule has 3 heteroatoms. The summed E-state index contributed by atoms with van der Waals surface area (Å²) in [6, 6.07) is 10.1. The molecule has 0 aliphatic heterocycles. The molecule has 1 N–H and O–H groups in total. The summed E-state index contributed by atoms with van der Waals surface area (Å²) in [7, 11) is 0. The number of carbonyl (C=O) groups excluding carboxylic acids is 1. The molecule has 0 amide bonds. The van der Waals surface area contributed by atoms with Crippen LogP contribution in [-0.4, -0.2) is 17.6 Å². The first-order valence-electron chi connectivity index (χ1n) is 6.13. The number of rotatable bonds is 3. The average molecular weight is 245 g/mol. The standard InChI is InChI=1S/C13H13NO2.C2H6/c1-10(15)16-8-4-6-12-9-11-5-2-3-7-13(11)14-12;1-2/h2-7,9,14H,8H2,1H3;1-2H3/b6-4+;. The van der Waals surface area contributed by atoms with Gasteiger partial charge in [-0.05, 0) is 29.7 Å². The molecule has 2 aromatic rings. The molecule has 0 unspecified atom stereocenters. The van der Waals surface area contributed by atoms with Crippen LogP contribution in [-0.2, 0) is 9.53 Å². The van der Waals surface area contributed by atoms with E-state index in [-0.39, 0.29) is 5.97 Å². The van der Waals surface area contributed by atoms with Gasteiger partial charge in [-0.25, -0.2) is 0 Å². The van der Waals surface area contributed by atoms with E-state index in [1.54, 1.807) is 0 Å². The number of benzene rings is 1. The first-order valence-corrected chi connectivity index (χ1v) is 6.13. The molecule has 3 nitrogen and oxygen atoms in total. The minimum atomic E-state index is -0.263. The highest BCUT2D eigenvalue weighted by molar-refractivity contribution is 5.82. The lowest BCUT2D eigenvalue weighted by molar-refractivity contribution is -0.139. The van der Waals surface area contributed by atoms with Gasteiger partial charge in [0, 0.05) is 18.1 Å². The number of aromatic nitrogens is 1. The lowest BCUT2D eigenvalue weighted by Gasteiger charge is -1.93. The second-order valence-corrected chi connectivity index (χ2v) is 3.52. The summed E-state index contributed by atoms with van der Waals surface area (Å²) < 4.78 is 4.80. The predicted octanol–water partition coefficient (Wildman–Crippen LogP) is 3.77. The molecule has 0 aliphatic carbocycles. The molecular formula is C15H19NO2. The third-order valence-corrected chi connectivity index (χ3v) is 2.23. The fourth-order valence-electron chi connectivity index (χ4n) is 1.53. The fourth-order valence-corrected chi connectivity index (χ4v) is 1.53. The second kappa shape index (κ2) is 7.33. The van der Waals surface area contributed by atoms with Gasteiger partial charge in [0.2, 0.25) is 0 Å². The van der Waals surface area contributed by atoms with Crippen molar-refractivity contribution in [2.45, 2.75) is 20.8 Å². The van der Waals surface area contributed by atoms with Crippen molar-refractivity contribution in [3.8, 4) is 0 Å². The van der Waals surface area contributed by atoms with Gasteiger partial charge in [-0.2, -0.15) is 0 Å². The normalized spacial score (nSPS) is 10.2. The van der Waals surface area contributed by atoms with Crippen molar-refractivity contribution in [1.29, 1.82) is 0 Å². The van der Waals surface area contributed by atoms with Gasteiger partial charge in [0.15, 0.2) is 0 Å². The number of carbonyl (C=O) groups is 1. The van der Waals surface area contributed by atoms with Crippen molar-refractivity contribution >= 4 is 22.9 Å². The molecule has 0 aliphatic rings. The van der Waals surface area contributed by atoms with Gasteiger partial charge >= 0.3 is 5.97 Å². The van der Waals surface area contributed by atoms with E-state index in [9.17, 15) is 4.79 Å². The first-order chi connectivity index (χ1) is 8.75. The average Bonchev–Trinajstić information content (AvgIpc) is 2.79. The molecule has 0 fully saturated rings. The molecule has 1 aromatic heterocycles. The summed E-state index contributed by atoms with van der Waals surface area (Å²) in [5, 5.41) is 1.18. The minimum absolute atomic E-state index is 0.263. The van der Waals surface area contributed by atoms with Crippen LogP contribution in [0, 0.1) is 0 Å². The van der Waals surface area contributed by atoms with Crippen molar-refractivity contribution in [2.75, 3.05) is 6.61 Å². The van der Waals surface area contributed by atoms with E-state index in [1.165, 1.54) is 12.3 Å². The van der Waals surface area contributed by atoms with Crippen LogP contribution < -0.4 is 0 Å². The summed E-state index contributed by atoms with van der Waals surface area (Å²) >= 11 is 0. The zero-order chi connectivity index (χ0) is 13.4. The van der Waals surface area contributed by atoms with Gasteiger partial charge in [0.25, 0.3) is 0 Å². The molecule has 2 rings (SSSR count). The van der Waals surface area contributed by atoms with E-state index < -0.39 is 0 Å². The zero-order valence-corrected chi connectivity index (χ0v) is 11.1. The minimum Gasteiger partial charge on any atom is -0.462 e. The van der Waals surface area contributed by atoms with Crippen molar-refractivity contribution in [1.82, 2.24) is 4.98 Å². The summed E-state index contributed by atoms with van der Waals surface area (Å²) in [4.78, 5) is 13.8. The lowest BCUT2D eigenvalue weighted by atomic mass is 10.2. The number of esters is 1. The van der Waals surface area contributed by atoms with Crippen molar-refractivity contribution in [3.05, 3.63) is 42.1 Å². The number of aromatic amines is 1. The van der Waals surface area contributed by atoms with Gasteiger partial charge in [0.05, 0.1) is 0 Å². The molecule has 0 saturated carbocycles. The van der Waals surface area contributed by atoms with E-state index in [2.05, 4.69) is 17.1 Å². The van der Waals surface area contributed by atoms with Crippen molar-refractivity contribution in [3.63, 3.8) is 0 Å². The van der Waals surface area contributed by atoms with E-state index in [1.807, 2.05) is 44.2 Å². The Morgan fingerprint density at radius 2 is 2.06 bits per heavy atom. The van der Waals surface area contributed by atoms with E-state index in [0.29, 0.717) is 6.61 Å². The van der Waals surface area contributed by atoms with Crippen molar-refractivity contribution < 1.29 is 9.53 Å². The molecule has 1 heterocycles. The monoisotopic (exact) mass is 245 g/mol. The smallest absolute Gasteiger partial charge is 0.302 e. The number of fused-ring (bicyclic) bond motifs is 1. The Labute approximate surface area is 107 Å². The Bertz CT molecular complexity index is 493. The highest BCUT2D eigenvalue weighted by Crippen LogP contribution is 2.15. The van der Waals surface area contributed by atoms with Crippen LogP contribution in [0.3, 0.4) is 0 Å². The third kappa shape index (κ3) is 4.09. The molecule has 0 bridgehead atoms. The van der Waals surface area contributed by atoms with Gasteiger partial charge in [-0.3, -0.25) is 4.79 Å². The summed E-state index contributed by atoms with van der Waals surface area (Å²) in [5.74, 6) is -0.263. The zero-order valence-electron chi connectivity index (χ0n) is 11.1. The number of ether oxygens (including phenoxy) is 1. The van der Waals surface area contributed by atoms with Crippen LogP contribution in [0.25, 0.3) is 17.0 Å². The van der Waals surface area contributed by atoms with Gasteiger partial charge in [-0.15, -0.1) is 0 Å². The maximum Gasteiger partial charge on any atom is 0.302 e. The Hall–Kier alpha value is -2.03. The number of nitrogens with one attached hydrogen (secondary N) is 1. The summed E-state index contributed by atoms with van der Waals surface area (Å²) in [5.41, 5.74) is 2.11. The van der Waals surface area contributed by atoms with E-state index >= 15 is 0 Å². The van der Waals surface area contributed by atoms with Crippen LogP contribution in [0.5, 0.6) is 0 Å². The first kappa shape index (κ1) is 14.0. The van der Waals surface area contributed by atoms with Crippen LogP contribution in [0.2, 0.25) is 0 Å². The van der Waals surface area contributed by atoms with Crippen LogP contribution >= 0.6 is 0 Å². The largest absolute Gasteiger partial charge is 0.462 e. The molecule has 0 radical (unpaired) electrons. The Morgan fingerprint density at radius 1 is 1.33 bits per heavy atom. The van der Waals surface area contributed by atoms with Gasteiger partial charge in [0.1, 0.15) is 6.61 Å². The number of para-hydroxylation sites is 1. The Balaban J connectivity index is 0.000000771. The summed E-state index contributed by atoms with van der Waals surface area (Å²) in [6.45, 7) is 5.71. The van der Waals surface area contributed by atoms with Gasteiger partial charge < -0.3 is 9.72 Å². The Kier molecular flexibility index (Phi) is 5.71. The Morgan fingerprint density at radius 3 is 2.72 bits per heavy atom. The number of H-pyrrole nitrogens is 1. The predicted molar refractivity (Wildman–Crippen MR) is 75.3 cm³/mol. The number of hydrogen-bond donors (Lipinski definition) is 1. The SMILES string of the molecule is CC.CC(=O)OC/C=C/c1cc2ccccc2[nH]1. The summed E-state index contributed by atoms with van der Waals surface area (Å²) in [6.07, 6.45) is 3.72. The molecular weight excluding hydrogens is 226 g/mol. The van der Waals surface area contributed by atoms with Crippen molar-refractivity contribution in [2.24, 2.45) is 0 Å². The van der Waals surface area contributed by atoms with Crippen LogP contribution in [0.15, 0.2) is 36.4 Å². The van der Waals surface area contributed by atoms with Crippen LogP contribution in [0.1, 0.15) is 26.5 Å². The van der Waals surface area contributed by atoms with E-state index in [0.717, 1.165) is 11.2 Å². The maximum atomic E-state index is 10.5. The topological polar surface area (TPSA) is 42.1 Å². The van der Waals surface area contributed by atoms with Gasteiger partial charge in [-0.1, -0.05) is 32.0 Å². The fraction of sp³-hybridized carbons (Fsp3) is 0.267. The molecule has 1 aromatic carbocycles. The van der Waals surface area contributed by atoms with E-state index in [4.69, 9.17) is 4.74 Å². The van der Waals surface area contributed by atoms with Crippen LogP contribution in [0.4, 0.5) is 0 Å². The quantitative estimate of drug-likeness (QED) is 0.836. The number of hydrogen-bond acceptors (Lipinski definition) is 2. The highest BCUT2D eigenvalue weighted by Gasteiger charge is 1.95.